The van der Waals surface area contributed by atoms with E-state index in [2.05, 4.69) is 5.32 Å². The Morgan fingerprint density at radius 2 is 1.79 bits per heavy atom. The molecule has 0 unspecified atom stereocenters. The van der Waals surface area contributed by atoms with Crippen molar-refractivity contribution in [3.8, 4) is 0 Å². The third-order valence-electron chi connectivity index (χ3n) is 4.11. The molecule has 0 bridgehead atoms. The summed E-state index contributed by atoms with van der Waals surface area (Å²) in [7, 11) is 0. The number of carbonyl (C=O) groups is 2. The maximum atomic E-state index is 12.1. The van der Waals surface area contributed by atoms with Crippen molar-refractivity contribution in [2.75, 3.05) is 6.54 Å². The zero-order chi connectivity index (χ0) is 13.7. The zero-order valence-corrected chi connectivity index (χ0v) is 11.4. The quantitative estimate of drug-likeness (QED) is 0.580. The number of ether oxygens (including phenoxy) is 1. The van der Waals surface area contributed by atoms with Crippen LogP contribution in [-0.2, 0) is 14.3 Å². The number of nitrogens with one attached hydrogen (secondary N) is 1. The van der Waals surface area contributed by atoms with Crippen molar-refractivity contribution in [1.29, 1.82) is 0 Å². The normalized spacial score (nSPS) is 30.1. The van der Waals surface area contributed by atoms with Crippen molar-refractivity contribution in [2.45, 2.75) is 63.5 Å². The Balaban J connectivity index is 1.82. The molecule has 2 aliphatic rings. The molecular weight excluding hydrogens is 244 g/mol. The van der Waals surface area contributed by atoms with E-state index >= 15 is 0 Å². The van der Waals surface area contributed by atoms with Crippen LogP contribution in [0.15, 0.2) is 0 Å². The average Bonchev–Trinajstić information content (AvgIpc) is 2.75. The second kappa shape index (κ2) is 6.89. The van der Waals surface area contributed by atoms with Crippen LogP contribution < -0.4 is 11.1 Å². The lowest BCUT2D eigenvalue weighted by Crippen LogP contribution is -2.40. The SMILES string of the molecule is N[C@H]1CC[C@@H](OC(=O)C2CCCCCC2)CNC1=O. The molecule has 3 N–H and O–H groups in total. The number of hydrogen-bond acceptors (Lipinski definition) is 4. The lowest BCUT2D eigenvalue weighted by Gasteiger charge is -2.19. The number of nitrogens with two attached hydrogens (primary N) is 1. The molecule has 2 atom stereocenters. The number of rotatable bonds is 2. The van der Waals surface area contributed by atoms with Crippen LogP contribution in [-0.4, -0.2) is 30.6 Å². The van der Waals surface area contributed by atoms with Gasteiger partial charge in [-0.15, -0.1) is 0 Å². The van der Waals surface area contributed by atoms with Gasteiger partial charge in [-0.25, -0.2) is 0 Å². The van der Waals surface area contributed by atoms with Gasteiger partial charge in [0.05, 0.1) is 18.5 Å². The summed E-state index contributed by atoms with van der Waals surface area (Å²) in [6.45, 7) is 0.394. The van der Waals surface area contributed by atoms with Gasteiger partial charge in [-0.3, -0.25) is 9.59 Å². The van der Waals surface area contributed by atoms with E-state index in [1.807, 2.05) is 0 Å². The predicted octanol–water partition coefficient (Wildman–Crippen LogP) is 1.11. The summed E-state index contributed by atoms with van der Waals surface area (Å²) < 4.78 is 5.55. The highest BCUT2D eigenvalue weighted by Gasteiger charge is 2.27. The molecule has 1 amide bonds. The topological polar surface area (TPSA) is 81.4 Å². The van der Waals surface area contributed by atoms with Crippen molar-refractivity contribution in [1.82, 2.24) is 5.32 Å². The summed E-state index contributed by atoms with van der Waals surface area (Å²) in [4.78, 5) is 23.5. The highest BCUT2D eigenvalue weighted by molar-refractivity contribution is 5.81. The summed E-state index contributed by atoms with van der Waals surface area (Å²) in [5.41, 5.74) is 5.68. The Kier molecular flexibility index (Phi) is 5.19. The first kappa shape index (κ1) is 14.3. The van der Waals surface area contributed by atoms with E-state index in [9.17, 15) is 9.59 Å². The van der Waals surface area contributed by atoms with Gasteiger partial charge in [0.2, 0.25) is 5.91 Å². The van der Waals surface area contributed by atoms with Crippen LogP contribution in [0, 0.1) is 5.92 Å². The molecule has 1 saturated heterocycles. The largest absolute Gasteiger partial charge is 0.460 e. The highest BCUT2D eigenvalue weighted by Crippen LogP contribution is 2.24. The molecule has 1 aliphatic heterocycles. The summed E-state index contributed by atoms with van der Waals surface area (Å²) >= 11 is 0. The summed E-state index contributed by atoms with van der Waals surface area (Å²) in [5, 5.41) is 2.72. The van der Waals surface area contributed by atoms with Gasteiger partial charge in [0.1, 0.15) is 6.10 Å². The van der Waals surface area contributed by atoms with Crippen LogP contribution in [0.5, 0.6) is 0 Å². The Morgan fingerprint density at radius 3 is 2.47 bits per heavy atom. The summed E-state index contributed by atoms with van der Waals surface area (Å²) in [5.74, 6) is -0.181. The van der Waals surface area contributed by atoms with E-state index in [1.165, 1.54) is 12.8 Å². The number of hydrogen-bond donors (Lipinski definition) is 2. The van der Waals surface area contributed by atoms with E-state index in [0.717, 1.165) is 25.7 Å². The Morgan fingerprint density at radius 1 is 1.11 bits per heavy atom. The first-order chi connectivity index (χ1) is 9.16. The Hall–Kier alpha value is -1.10. The van der Waals surface area contributed by atoms with Crippen molar-refractivity contribution < 1.29 is 14.3 Å². The van der Waals surface area contributed by atoms with Gasteiger partial charge in [-0.1, -0.05) is 25.7 Å². The predicted molar refractivity (Wildman–Crippen MR) is 71.3 cm³/mol. The van der Waals surface area contributed by atoms with Gasteiger partial charge in [0.15, 0.2) is 0 Å². The third kappa shape index (κ3) is 4.20. The Bertz CT molecular complexity index is 325. The molecule has 0 radical (unpaired) electrons. The van der Waals surface area contributed by atoms with E-state index in [1.54, 1.807) is 0 Å². The molecular formula is C14H24N2O3. The van der Waals surface area contributed by atoms with Crippen LogP contribution >= 0.6 is 0 Å². The first-order valence-electron chi connectivity index (χ1n) is 7.40. The fraction of sp³-hybridized carbons (Fsp3) is 0.857. The van der Waals surface area contributed by atoms with Crippen molar-refractivity contribution in [3.63, 3.8) is 0 Å². The highest BCUT2D eigenvalue weighted by atomic mass is 16.5. The van der Waals surface area contributed by atoms with Gasteiger partial charge in [-0.2, -0.15) is 0 Å². The average molecular weight is 268 g/mol. The minimum atomic E-state index is -0.471. The molecule has 19 heavy (non-hydrogen) atoms. The fourth-order valence-electron chi connectivity index (χ4n) is 2.82. The van der Waals surface area contributed by atoms with Crippen LogP contribution in [0.4, 0.5) is 0 Å². The van der Waals surface area contributed by atoms with Crippen molar-refractivity contribution >= 4 is 11.9 Å². The molecule has 1 saturated carbocycles. The van der Waals surface area contributed by atoms with Crippen molar-refractivity contribution in [2.24, 2.45) is 11.7 Å². The van der Waals surface area contributed by atoms with E-state index in [4.69, 9.17) is 10.5 Å². The standard InChI is InChI=1S/C14H24N2O3/c15-12-8-7-11(9-16-13(12)17)19-14(18)10-5-3-1-2-4-6-10/h10-12H,1-9,15H2,(H,16,17)/t11-,12+/m1/s1. The maximum Gasteiger partial charge on any atom is 0.309 e. The lowest BCUT2D eigenvalue weighted by atomic mass is 10.0. The van der Waals surface area contributed by atoms with Gasteiger partial charge < -0.3 is 15.8 Å². The molecule has 0 aromatic carbocycles. The number of amides is 1. The van der Waals surface area contributed by atoms with E-state index < -0.39 is 6.04 Å². The van der Waals surface area contributed by atoms with Crippen LogP contribution in [0.1, 0.15) is 51.4 Å². The van der Waals surface area contributed by atoms with Crippen LogP contribution in [0.2, 0.25) is 0 Å². The Labute approximate surface area is 114 Å². The molecule has 1 heterocycles. The van der Waals surface area contributed by atoms with E-state index in [-0.39, 0.29) is 23.9 Å². The smallest absolute Gasteiger partial charge is 0.309 e. The molecule has 0 aromatic rings. The van der Waals surface area contributed by atoms with Crippen molar-refractivity contribution in [3.05, 3.63) is 0 Å². The lowest BCUT2D eigenvalue weighted by molar-refractivity contribution is -0.154. The molecule has 5 nitrogen and oxygen atoms in total. The first-order valence-corrected chi connectivity index (χ1v) is 7.40. The molecule has 0 aromatic heterocycles. The second-order valence-electron chi connectivity index (χ2n) is 5.68. The minimum absolute atomic E-state index is 0.0510. The van der Waals surface area contributed by atoms with Gasteiger partial charge in [-0.05, 0) is 25.7 Å². The molecule has 0 spiro atoms. The monoisotopic (exact) mass is 268 g/mol. The number of esters is 1. The molecule has 2 rings (SSSR count). The minimum Gasteiger partial charge on any atom is -0.460 e. The van der Waals surface area contributed by atoms with Gasteiger partial charge >= 0.3 is 5.97 Å². The second-order valence-corrected chi connectivity index (χ2v) is 5.68. The third-order valence-corrected chi connectivity index (χ3v) is 4.11. The molecule has 2 fully saturated rings. The molecule has 5 heteroatoms. The van der Waals surface area contributed by atoms with Gasteiger partial charge in [0, 0.05) is 0 Å². The zero-order valence-electron chi connectivity index (χ0n) is 11.4. The van der Waals surface area contributed by atoms with Crippen LogP contribution in [0.25, 0.3) is 0 Å². The van der Waals surface area contributed by atoms with Crippen LogP contribution in [0.3, 0.4) is 0 Å². The maximum absolute atomic E-state index is 12.1. The molecule has 1 aliphatic carbocycles. The van der Waals surface area contributed by atoms with Gasteiger partial charge in [0.25, 0.3) is 0 Å². The summed E-state index contributed by atoms with van der Waals surface area (Å²) in [6.07, 6.45) is 7.59. The van der Waals surface area contributed by atoms with E-state index in [0.29, 0.717) is 19.4 Å². The number of carbonyl (C=O) groups excluding carboxylic acids is 2. The molecule has 108 valence electrons. The fourth-order valence-corrected chi connectivity index (χ4v) is 2.82. The summed E-state index contributed by atoms with van der Waals surface area (Å²) in [6, 6.07) is -0.471.